The molecule has 0 aliphatic heterocycles. The van der Waals surface area contributed by atoms with Crippen molar-refractivity contribution >= 4 is 0 Å². The number of aliphatic hydroxyl groups is 1. The molecule has 0 aromatic rings. The van der Waals surface area contributed by atoms with Crippen LogP contribution in [0.3, 0.4) is 0 Å². The van der Waals surface area contributed by atoms with Gasteiger partial charge in [-0.1, -0.05) is 32.6 Å². The molecular formula is C15H26O. The number of rotatable bonds is 2. The van der Waals surface area contributed by atoms with E-state index in [9.17, 15) is 5.11 Å². The summed E-state index contributed by atoms with van der Waals surface area (Å²) in [5.74, 6) is 1.78. The van der Waals surface area contributed by atoms with Gasteiger partial charge in [0.05, 0.1) is 5.60 Å². The maximum atomic E-state index is 11.1. The molecule has 1 nitrogen and oxygen atoms in total. The Hall–Kier alpha value is -0.0400. The molecule has 0 saturated heterocycles. The van der Waals surface area contributed by atoms with Crippen LogP contribution in [0.25, 0.3) is 0 Å². The smallest absolute Gasteiger partial charge is 0.0706 e. The summed E-state index contributed by atoms with van der Waals surface area (Å²) in [4.78, 5) is 0. The Balaban J connectivity index is 1.90. The van der Waals surface area contributed by atoms with E-state index in [-0.39, 0.29) is 5.60 Å². The monoisotopic (exact) mass is 222 g/mol. The molecule has 3 aliphatic carbocycles. The summed E-state index contributed by atoms with van der Waals surface area (Å²) in [6.07, 6.45) is 12.8. The molecule has 0 heterocycles. The van der Waals surface area contributed by atoms with E-state index in [0.717, 1.165) is 24.7 Å². The molecule has 0 amide bonds. The highest BCUT2D eigenvalue weighted by molar-refractivity contribution is 5.11. The predicted octanol–water partition coefficient (Wildman–Crippen LogP) is 3.90. The molecule has 1 N–H and O–H groups in total. The van der Waals surface area contributed by atoms with Crippen molar-refractivity contribution in [1.82, 2.24) is 0 Å². The van der Waals surface area contributed by atoms with Crippen LogP contribution >= 0.6 is 0 Å². The zero-order chi connectivity index (χ0) is 11.2. The van der Waals surface area contributed by atoms with Crippen LogP contribution in [0.1, 0.15) is 71.1 Å². The SMILES string of the molecule is CCC1CC2CCC1(C1(O)CCCCC1)C2. The van der Waals surface area contributed by atoms with Crippen LogP contribution in [0.5, 0.6) is 0 Å². The van der Waals surface area contributed by atoms with Crippen LogP contribution in [0.2, 0.25) is 0 Å². The highest BCUT2D eigenvalue weighted by atomic mass is 16.3. The third-order valence-corrected chi connectivity index (χ3v) is 6.15. The molecule has 3 unspecified atom stereocenters. The molecule has 1 heteroatoms. The van der Waals surface area contributed by atoms with Gasteiger partial charge in [-0.3, -0.25) is 0 Å². The maximum absolute atomic E-state index is 11.1. The van der Waals surface area contributed by atoms with Gasteiger partial charge in [0.25, 0.3) is 0 Å². The minimum atomic E-state index is -0.281. The lowest BCUT2D eigenvalue weighted by molar-refractivity contribution is -0.128. The van der Waals surface area contributed by atoms with Crippen molar-refractivity contribution < 1.29 is 5.11 Å². The normalized spacial score (nSPS) is 46.1. The van der Waals surface area contributed by atoms with Crippen molar-refractivity contribution in [3.63, 3.8) is 0 Å². The molecular weight excluding hydrogens is 196 g/mol. The highest BCUT2D eigenvalue weighted by Crippen LogP contribution is 2.65. The fraction of sp³-hybridized carbons (Fsp3) is 1.00. The molecule has 92 valence electrons. The Bertz CT molecular complexity index is 267. The van der Waals surface area contributed by atoms with Gasteiger partial charge in [0.1, 0.15) is 0 Å². The first kappa shape index (κ1) is 11.1. The summed E-state index contributed by atoms with van der Waals surface area (Å²) >= 11 is 0. The molecule has 3 rings (SSSR count). The van der Waals surface area contributed by atoms with Crippen molar-refractivity contribution in [2.75, 3.05) is 0 Å². The Morgan fingerprint density at radius 3 is 2.50 bits per heavy atom. The standard InChI is InChI=1S/C15H26O/c1-2-13-10-12-6-9-14(13,11-12)15(16)7-4-3-5-8-15/h12-13,16H,2-11H2,1H3. The summed E-state index contributed by atoms with van der Waals surface area (Å²) in [7, 11) is 0. The van der Waals surface area contributed by atoms with E-state index in [1.54, 1.807) is 0 Å². The molecule has 3 atom stereocenters. The lowest BCUT2D eigenvalue weighted by Crippen LogP contribution is -2.51. The van der Waals surface area contributed by atoms with Gasteiger partial charge >= 0.3 is 0 Å². The zero-order valence-corrected chi connectivity index (χ0v) is 10.7. The molecule has 3 saturated carbocycles. The average Bonchev–Trinajstić information content (AvgIpc) is 2.88. The first-order chi connectivity index (χ1) is 7.70. The number of hydrogen-bond donors (Lipinski definition) is 1. The topological polar surface area (TPSA) is 20.2 Å². The highest BCUT2D eigenvalue weighted by Gasteiger charge is 2.61. The number of hydrogen-bond acceptors (Lipinski definition) is 1. The molecule has 2 bridgehead atoms. The van der Waals surface area contributed by atoms with E-state index in [2.05, 4.69) is 6.92 Å². The van der Waals surface area contributed by atoms with Crippen molar-refractivity contribution in [2.45, 2.75) is 76.7 Å². The van der Waals surface area contributed by atoms with E-state index in [0.29, 0.717) is 5.41 Å². The van der Waals surface area contributed by atoms with E-state index in [1.807, 2.05) is 0 Å². The van der Waals surface area contributed by atoms with Crippen molar-refractivity contribution in [2.24, 2.45) is 17.3 Å². The fourth-order valence-electron chi connectivity index (χ4n) is 5.38. The van der Waals surface area contributed by atoms with Crippen LogP contribution in [-0.2, 0) is 0 Å². The molecule has 16 heavy (non-hydrogen) atoms. The molecule has 0 aromatic heterocycles. The molecule has 3 aliphatic rings. The van der Waals surface area contributed by atoms with Gasteiger partial charge in [0, 0.05) is 5.41 Å². The van der Waals surface area contributed by atoms with Gasteiger partial charge in [-0.2, -0.15) is 0 Å². The van der Waals surface area contributed by atoms with Gasteiger partial charge in [-0.15, -0.1) is 0 Å². The molecule has 0 radical (unpaired) electrons. The minimum absolute atomic E-state index is 0.281. The van der Waals surface area contributed by atoms with Crippen molar-refractivity contribution in [3.05, 3.63) is 0 Å². The largest absolute Gasteiger partial charge is 0.389 e. The summed E-state index contributed by atoms with van der Waals surface area (Å²) in [6, 6.07) is 0. The summed E-state index contributed by atoms with van der Waals surface area (Å²) in [5.41, 5.74) is 0.0595. The Labute approximate surface area is 99.6 Å². The van der Waals surface area contributed by atoms with E-state index < -0.39 is 0 Å². The summed E-state index contributed by atoms with van der Waals surface area (Å²) in [6.45, 7) is 2.33. The second-order valence-electron chi connectivity index (χ2n) is 6.70. The second kappa shape index (κ2) is 3.73. The van der Waals surface area contributed by atoms with Gasteiger partial charge in [-0.25, -0.2) is 0 Å². The average molecular weight is 222 g/mol. The predicted molar refractivity (Wildman–Crippen MR) is 66.2 cm³/mol. The lowest BCUT2D eigenvalue weighted by atomic mass is 9.58. The van der Waals surface area contributed by atoms with Gasteiger partial charge in [0.15, 0.2) is 0 Å². The van der Waals surface area contributed by atoms with E-state index in [4.69, 9.17) is 0 Å². The Morgan fingerprint density at radius 1 is 1.12 bits per heavy atom. The van der Waals surface area contributed by atoms with Crippen LogP contribution in [0, 0.1) is 17.3 Å². The van der Waals surface area contributed by atoms with Gasteiger partial charge in [0.2, 0.25) is 0 Å². The fourth-order valence-corrected chi connectivity index (χ4v) is 5.38. The second-order valence-corrected chi connectivity index (χ2v) is 6.70. The Kier molecular flexibility index (Phi) is 2.58. The first-order valence-corrected chi connectivity index (χ1v) is 7.42. The first-order valence-electron chi connectivity index (χ1n) is 7.42. The molecule has 3 fully saturated rings. The van der Waals surface area contributed by atoms with Crippen molar-refractivity contribution in [1.29, 1.82) is 0 Å². The van der Waals surface area contributed by atoms with E-state index >= 15 is 0 Å². The summed E-state index contributed by atoms with van der Waals surface area (Å²) in [5, 5.41) is 11.1. The zero-order valence-electron chi connectivity index (χ0n) is 10.7. The quantitative estimate of drug-likeness (QED) is 0.751. The molecule has 0 aromatic carbocycles. The minimum Gasteiger partial charge on any atom is -0.389 e. The van der Waals surface area contributed by atoms with Crippen LogP contribution in [-0.4, -0.2) is 10.7 Å². The third-order valence-electron chi connectivity index (χ3n) is 6.15. The van der Waals surface area contributed by atoms with E-state index in [1.165, 1.54) is 51.4 Å². The van der Waals surface area contributed by atoms with Crippen LogP contribution < -0.4 is 0 Å². The summed E-state index contributed by atoms with van der Waals surface area (Å²) < 4.78 is 0. The van der Waals surface area contributed by atoms with Crippen molar-refractivity contribution in [3.8, 4) is 0 Å². The van der Waals surface area contributed by atoms with Crippen LogP contribution in [0.15, 0.2) is 0 Å². The number of fused-ring (bicyclic) bond motifs is 2. The third kappa shape index (κ3) is 1.33. The van der Waals surface area contributed by atoms with Crippen LogP contribution in [0.4, 0.5) is 0 Å². The lowest BCUT2D eigenvalue weighted by Gasteiger charge is -2.50. The maximum Gasteiger partial charge on any atom is 0.0706 e. The Morgan fingerprint density at radius 2 is 1.88 bits per heavy atom. The van der Waals surface area contributed by atoms with Gasteiger partial charge < -0.3 is 5.11 Å². The molecule has 0 spiro atoms. The van der Waals surface area contributed by atoms with Gasteiger partial charge in [-0.05, 0) is 50.4 Å².